The number of halogens is 2. The first-order valence-electron chi connectivity index (χ1n) is 11.8. The van der Waals surface area contributed by atoms with Crippen molar-refractivity contribution in [2.75, 3.05) is 18.1 Å². The Bertz CT molecular complexity index is 1450. The third-order valence-corrected chi connectivity index (χ3v) is 5.73. The number of ether oxygens (including phenoxy) is 1. The number of nitrogens with zero attached hydrogens (tertiary/aromatic N) is 4. The predicted octanol–water partition coefficient (Wildman–Crippen LogP) is 4.43. The van der Waals surface area contributed by atoms with Gasteiger partial charge in [0.25, 0.3) is 0 Å². The van der Waals surface area contributed by atoms with E-state index < -0.39 is 34.3 Å². The minimum atomic E-state index is -3.79. The van der Waals surface area contributed by atoms with Crippen molar-refractivity contribution in [3.05, 3.63) is 47.3 Å². The molecule has 0 saturated carbocycles. The number of carbonyl (C=O) groups is 1. The van der Waals surface area contributed by atoms with E-state index in [1.165, 1.54) is 26.3 Å². The van der Waals surface area contributed by atoms with Gasteiger partial charge in [0.15, 0.2) is 5.82 Å². The molecule has 2 aromatic heterocycles. The predicted molar refractivity (Wildman–Crippen MR) is 136 cm³/mol. The Labute approximate surface area is 217 Å². The van der Waals surface area contributed by atoms with E-state index in [1.807, 2.05) is 13.8 Å². The number of hydrogen-bond acceptors (Lipinski definition) is 7. The number of aromatic nitrogens is 4. The van der Waals surface area contributed by atoms with E-state index in [4.69, 9.17) is 14.3 Å². The van der Waals surface area contributed by atoms with Gasteiger partial charge in [-0.2, -0.15) is 5.10 Å². The lowest BCUT2D eigenvalue weighted by Crippen LogP contribution is -2.32. The number of carbonyl (C=O) groups excluding carboxylic acids is 1. The lowest BCUT2D eigenvalue weighted by molar-refractivity contribution is 0.167. The molecular formula is C23H28ClFN6O4S. The van der Waals surface area contributed by atoms with Gasteiger partial charge in [-0.1, -0.05) is 11.6 Å². The number of alkyl carbamates (subject to hydrolysis) is 1. The van der Waals surface area contributed by atoms with Crippen molar-refractivity contribution in [3.63, 3.8) is 0 Å². The maximum atomic E-state index is 15.5. The van der Waals surface area contributed by atoms with Crippen LogP contribution >= 0.6 is 11.6 Å². The van der Waals surface area contributed by atoms with Crippen LogP contribution in [-0.4, -0.2) is 53.7 Å². The van der Waals surface area contributed by atoms with Crippen molar-refractivity contribution in [2.24, 2.45) is 0 Å². The molecule has 13 heteroatoms. The number of rotatable bonds is 9. The van der Waals surface area contributed by atoms with Crippen molar-refractivity contribution in [1.29, 1.82) is 0 Å². The third-order valence-electron chi connectivity index (χ3n) is 4.92. The summed E-state index contributed by atoms with van der Waals surface area (Å²) in [5.41, 5.74) is 0.505. The first kappa shape index (κ1) is 24.4. The second kappa shape index (κ2) is 11.2. The smallest absolute Gasteiger partial charge is 0.407 e. The maximum Gasteiger partial charge on any atom is 0.407 e. The van der Waals surface area contributed by atoms with Crippen LogP contribution in [0.4, 0.5) is 14.9 Å². The van der Waals surface area contributed by atoms with Crippen LogP contribution in [0.5, 0.6) is 0 Å². The summed E-state index contributed by atoms with van der Waals surface area (Å²) in [4.78, 5) is 20.2. The van der Waals surface area contributed by atoms with Gasteiger partial charge in [0.2, 0.25) is 10.0 Å². The summed E-state index contributed by atoms with van der Waals surface area (Å²) in [5, 5.41) is 7.01. The molecule has 0 aliphatic rings. The van der Waals surface area contributed by atoms with Gasteiger partial charge < -0.3 is 10.1 Å². The molecule has 2 N–H and O–H groups in total. The van der Waals surface area contributed by atoms with Gasteiger partial charge in [0.1, 0.15) is 11.5 Å². The van der Waals surface area contributed by atoms with Gasteiger partial charge >= 0.3 is 6.09 Å². The molecule has 0 radical (unpaired) electrons. The van der Waals surface area contributed by atoms with E-state index in [9.17, 15) is 13.2 Å². The molecule has 10 nitrogen and oxygen atoms in total. The van der Waals surface area contributed by atoms with Crippen molar-refractivity contribution in [2.45, 2.75) is 45.6 Å². The van der Waals surface area contributed by atoms with E-state index in [1.54, 1.807) is 16.9 Å². The molecule has 36 heavy (non-hydrogen) atoms. The van der Waals surface area contributed by atoms with Gasteiger partial charge in [0.05, 0.1) is 24.7 Å². The van der Waals surface area contributed by atoms with Gasteiger partial charge in [0, 0.05) is 49.8 Å². The molecule has 0 bridgehead atoms. The molecule has 0 aliphatic heterocycles. The second-order valence-corrected chi connectivity index (χ2v) is 10.4. The maximum absolute atomic E-state index is 15.5. The Morgan fingerprint density at radius 3 is 2.67 bits per heavy atom. The Balaban J connectivity index is 2.09. The Hall–Kier alpha value is -3.25. The molecule has 1 atom stereocenters. The van der Waals surface area contributed by atoms with E-state index in [0.717, 1.165) is 12.3 Å². The van der Waals surface area contributed by atoms with Gasteiger partial charge in [-0.15, -0.1) is 0 Å². The zero-order chi connectivity index (χ0) is 28.4. The van der Waals surface area contributed by atoms with Crippen LogP contribution in [0, 0.1) is 5.82 Å². The first-order valence-corrected chi connectivity index (χ1v) is 13.1. The zero-order valence-corrected chi connectivity index (χ0v) is 21.9. The number of aryl methyl sites for hydroxylation is 1. The molecule has 0 saturated heterocycles. The summed E-state index contributed by atoms with van der Waals surface area (Å²) in [6.45, 7) is 5.25. The number of amides is 1. The number of hydrogen-bond donors (Lipinski definition) is 2. The average molecular weight is 541 g/mol. The lowest BCUT2D eigenvalue weighted by Gasteiger charge is -2.12. The van der Waals surface area contributed by atoms with Crippen LogP contribution in [0.1, 0.15) is 41.8 Å². The normalized spacial score (nSPS) is 13.7. The van der Waals surface area contributed by atoms with Crippen molar-refractivity contribution in [1.82, 2.24) is 25.1 Å². The molecule has 2 heterocycles. The van der Waals surface area contributed by atoms with Gasteiger partial charge in [-0.25, -0.2) is 27.6 Å². The fourth-order valence-corrected chi connectivity index (χ4v) is 4.01. The number of benzene rings is 1. The summed E-state index contributed by atoms with van der Waals surface area (Å²) in [6, 6.07) is 3.04. The summed E-state index contributed by atoms with van der Waals surface area (Å²) in [7, 11) is -2.61. The Morgan fingerprint density at radius 2 is 2.03 bits per heavy atom. The number of sulfonamides is 1. The molecule has 3 aromatic rings. The summed E-state index contributed by atoms with van der Waals surface area (Å²) >= 11 is 6.20. The fraction of sp³-hybridized carbons (Fsp3) is 0.391. The number of nitrogens with one attached hydrogen (secondary N) is 2. The fourth-order valence-electron chi connectivity index (χ4n) is 3.24. The molecule has 0 unspecified atom stereocenters. The van der Waals surface area contributed by atoms with E-state index >= 15 is 4.39 Å². The summed E-state index contributed by atoms with van der Waals surface area (Å²) in [5.74, 6) is -0.733. The van der Waals surface area contributed by atoms with Crippen molar-refractivity contribution < 1.29 is 25.1 Å². The SMILES string of the molecule is [2H]C([2H])(Cc1nccc(-c2cn(C(C)C)nc2-c2cc(Cl)cc(NS(C)(=O)=O)c2F)n1)[C@@H](C)NC(=O)OC. The highest BCUT2D eigenvalue weighted by atomic mass is 35.5. The molecule has 0 fully saturated rings. The quantitative estimate of drug-likeness (QED) is 0.411. The average Bonchev–Trinajstić information content (AvgIpc) is 3.25. The van der Waals surface area contributed by atoms with Crippen LogP contribution < -0.4 is 10.0 Å². The van der Waals surface area contributed by atoms with Crippen molar-refractivity contribution in [3.8, 4) is 22.5 Å². The molecule has 1 amide bonds. The highest BCUT2D eigenvalue weighted by Crippen LogP contribution is 2.37. The Kier molecular flexibility index (Phi) is 7.61. The van der Waals surface area contributed by atoms with Crippen LogP contribution in [0.2, 0.25) is 5.02 Å². The van der Waals surface area contributed by atoms with Crippen molar-refractivity contribution >= 4 is 33.4 Å². The highest BCUT2D eigenvalue weighted by Gasteiger charge is 2.22. The second-order valence-electron chi connectivity index (χ2n) is 8.25. The molecule has 0 aliphatic carbocycles. The molecule has 0 spiro atoms. The number of anilines is 1. The highest BCUT2D eigenvalue weighted by molar-refractivity contribution is 7.92. The van der Waals surface area contributed by atoms with Gasteiger partial charge in [-0.05, 0) is 45.3 Å². The molecule has 1 aromatic carbocycles. The topological polar surface area (TPSA) is 128 Å². The molecule has 194 valence electrons. The minimum absolute atomic E-state index is 0.0514. The molecular weight excluding hydrogens is 511 g/mol. The van der Waals surface area contributed by atoms with Crippen LogP contribution in [0.15, 0.2) is 30.6 Å². The van der Waals surface area contributed by atoms with E-state index in [2.05, 4.69) is 29.8 Å². The monoisotopic (exact) mass is 540 g/mol. The van der Waals surface area contributed by atoms with Gasteiger partial charge in [-0.3, -0.25) is 9.40 Å². The summed E-state index contributed by atoms with van der Waals surface area (Å²) < 4.78 is 64.1. The molecule has 3 rings (SSSR count). The first-order chi connectivity index (χ1) is 17.6. The lowest BCUT2D eigenvalue weighted by atomic mass is 10.0. The van der Waals surface area contributed by atoms with Crippen LogP contribution in [0.3, 0.4) is 0 Å². The summed E-state index contributed by atoms with van der Waals surface area (Å²) in [6.07, 6.45) is 1.06. The number of methoxy groups -OCH3 is 1. The van der Waals surface area contributed by atoms with E-state index in [-0.39, 0.29) is 40.3 Å². The van der Waals surface area contributed by atoms with Crippen LogP contribution in [0.25, 0.3) is 22.5 Å². The zero-order valence-electron chi connectivity index (χ0n) is 22.3. The standard InChI is InChI=1S/C23H28ClFN6O4S/c1-13(2)31-12-17(18-8-9-26-20(28-18)7-6-14(3)27-23(32)35-4)22(29-31)16-10-15(24)11-19(21(16)25)30-36(5,33)34/h8-14,30H,6-7H2,1-5H3,(H,27,32)/t14-/m1/s1/i6D2. The Morgan fingerprint density at radius 1 is 1.31 bits per heavy atom. The largest absolute Gasteiger partial charge is 0.453 e. The minimum Gasteiger partial charge on any atom is -0.453 e. The van der Waals surface area contributed by atoms with E-state index in [0.29, 0.717) is 11.3 Å². The third kappa shape index (κ3) is 6.91. The van der Waals surface area contributed by atoms with Crippen LogP contribution in [-0.2, 0) is 21.2 Å².